The first-order valence-corrected chi connectivity index (χ1v) is 6.51. The first-order chi connectivity index (χ1) is 9.34. The van der Waals surface area contributed by atoms with Crippen molar-refractivity contribution in [2.75, 3.05) is 20.1 Å². The van der Waals surface area contributed by atoms with E-state index >= 15 is 0 Å². The Kier molecular flexibility index (Phi) is 5.31. The molecule has 2 aromatic heterocycles. The Balaban J connectivity index is 0.00000220. The Labute approximate surface area is 130 Å². The van der Waals surface area contributed by atoms with Crippen molar-refractivity contribution in [3.05, 3.63) is 23.5 Å². The van der Waals surface area contributed by atoms with E-state index in [9.17, 15) is 4.79 Å². The monoisotopic (exact) mass is 312 g/mol. The number of rotatable bonds is 4. The zero-order chi connectivity index (χ0) is 14.9. The lowest BCUT2D eigenvalue weighted by Crippen LogP contribution is -2.39. The lowest BCUT2D eigenvalue weighted by atomic mass is 9.93. The van der Waals surface area contributed by atoms with Crippen LogP contribution in [0.5, 0.6) is 0 Å². The molecule has 0 aliphatic carbocycles. The smallest absolute Gasteiger partial charge is 0.257 e. The van der Waals surface area contributed by atoms with Crippen molar-refractivity contribution in [1.82, 2.24) is 15.0 Å². The Morgan fingerprint density at radius 2 is 2.14 bits per heavy atom. The molecule has 0 fully saturated rings. The molecule has 0 aliphatic rings. The molecular weight excluding hydrogens is 292 g/mol. The molecule has 2 aromatic rings. The number of hydrogen-bond donors (Lipinski definition) is 1. The number of carbonyl (C=O) groups excluding carboxylic acids is 1. The number of aryl methyl sites for hydroxylation is 1. The van der Waals surface area contributed by atoms with E-state index in [0.29, 0.717) is 24.4 Å². The minimum atomic E-state index is -0.116. The molecule has 116 valence electrons. The summed E-state index contributed by atoms with van der Waals surface area (Å²) in [5.41, 5.74) is 7.29. The Morgan fingerprint density at radius 1 is 1.48 bits per heavy atom. The maximum absolute atomic E-state index is 12.4. The second kappa shape index (κ2) is 6.41. The number of amides is 1. The van der Waals surface area contributed by atoms with E-state index in [1.165, 1.54) is 6.20 Å². The van der Waals surface area contributed by atoms with Crippen molar-refractivity contribution >= 4 is 29.4 Å². The third-order valence-electron chi connectivity index (χ3n) is 3.32. The quantitative estimate of drug-likeness (QED) is 0.933. The van der Waals surface area contributed by atoms with Gasteiger partial charge in [0.25, 0.3) is 11.6 Å². The van der Waals surface area contributed by atoms with Gasteiger partial charge in [0.15, 0.2) is 0 Å². The number of pyridine rings is 1. The molecule has 2 N–H and O–H groups in total. The number of nitrogens with zero attached hydrogens (tertiary/aromatic N) is 3. The lowest BCUT2D eigenvalue weighted by molar-refractivity contribution is 0.0740. The molecule has 0 radical (unpaired) electrons. The van der Waals surface area contributed by atoms with Crippen molar-refractivity contribution in [1.29, 1.82) is 0 Å². The summed E-state index contributed by atoms with van der Waals surface area (Å²) in [5, 5.41) is 4.60. The van der Waals surface area contributed by atoms with Gasteiger partial charge in [-0.3, -0.25) is 4.79 Å². The standard InChI is InChI=1S/C14H20N4O2.ClH/c1-9-11-5-10(6-16-12(11)20-17-9)13(19)18(4)8-14(2,3)7-15;/h5-6H,7-8,15H2,1-4H3;1H. The highest BCUT2D eigenvalue weighted by Gasteiger charge is 2.22. The Morgan fingerprint density at radius 3 is 2.76 bits per heavy atom. The summed E-state index contributed by atoms with van der Waals surface area (Å²) in [6.45, 7) is 6.99. The second-order valence-corrected chi connectivity index (χ2v) is 5.87. The largest absolute Gasteiger partial charge is 0.341 e. The van der Waals surface area contributed by atoms with Gasteiger partial charge in [0.05, 0.1) is 16.6 Å². The van der Waals surface area contributed by atoms with Crippen LogP contribution in [-0.2, 0) is 0 Å². The van der Waals surface area contributed by atoms with Gasteiger partial charge < -0.3 is 15.2 Å². The molecule has 6 nitrogen and oxygen atoms in total. The van der Waals surface area contributed by atoms with Gasteiger partial charge in [-0.25, -0.2) is 4.98 Å². The van der Waals surface area contributed by atoms with Crippen LogP contribution in [0.4, 0.5) is 0 Å². The predicted octanol–water partition coefficient (Wildman–Crippen LogP) is 2.01. The fourth-order valence-electron chi connectivity index (χ4n) is 2.06. The van der Waals surface area contributed by atoms with E-state index in [1.807, 2.05) is 20.8 Å². The molecule has 21 heavy (non-hydrogen) atoms. The summed E-state index contributed by atoms with van der Waals surface area (Å²) in [5.74, 6) is -0.0819. The topological polar surface area (TPSA) is 85.2 Å². The van der Waals surface area contributed by atoms with Gasteiger partial charge in [-0.15, -0.1) is 12.4 Å². The molecule has 7 heteroatoms. The summed E-state index contributed by atoms with van der Waals surface area (Å²) in [6.07, 6.45) is 1.52. The highest BCUT2D eigenvalue weighted by Crippen LogP contribution is 2.19. The fraction of sp³-hybridized carbons (Fsp3) is 0.500. The number of fused-ring (bicyclic) bond motifs is 1. The van der Waals surface area contributed by atoms with Crippen LogP contribution >= 0.6 is 12.4 Å². The number of aromatic nitrogens is 2. The normalized spacial score (nSPS) is 11.3. The molecule has 2 heterocycles. The van der Waals surface area contributed by atoms with Crippen molar-refractivity contribution in [3.63, 3.8) is 0 Å². The average molecular weight is 313 g/mol. The molecule has 0 spiro atoms. The SMILES string of the molecule is Cc1noc2ncc(C(=O)N(C)CC(C)(C)CN)cc12.Cl. The van der Waals surface area contributed by atoms with E-state index in [-0.39, 0.29) is 23.7 Å². The summed E-state index contributed by atoms with van der Waals surface area (Å²) in [7, 11) is 1.77. The summed E-state index contributed by atoms with van der Waals surface area (Å²) < 4.78 is 5.04. The second-order valence-electron chi connectivity index (χ2n) is 5.87. The zero-order valence-electron chi connectivity index (χ0n) is 12.7. The maximum atomic E-state index is 12.4. The minimum Gasteiger partial charge on any atom is -0.341 e. The van der Waals surface area contributed by atoms with Crippen LogP contribution < -0.4 is 5.73 Å². The summed E-state index contributed by atoms with van der Waals surface area (Å²) in [4.78, 5) is 18.2. The van der Waals surface area contributed by atoms with Gasteiger partial charge in [0, 0.05) is 19.8 Å². The predicted molar refractivity (Wildman–Crippen MR) is 83.6 cm³/mol. The average Bonchev–Trinajstić information content (AvgIpc) is 2.78. The molecule has 0 saturated carbocycles. The van der Waals surface area contributed by atoms with Gasteiger partial charge in [-0.05, 0) is 24.9 Å². The molecule has 0 unspecified atom stereocenters. The lowest BCUT2D eigenvalue weighted by Gasteiger charge is -2.29. The Hall–Kier alpha value is -1.66. The third-order valence-corrected chi connectivity index (χ3v) is 3.32. The van der Waals surface area contributed by atoms with Crippen LogP contribution in [0.25, 0.3) is 11.1 Å². The van der Waals surface area contributed by atoms with Crippen LogP contribution in [0.15, 0.2) is 16.8 Å². The van der Waals surface area contributed by atoms with Crippen LogP contribution in [0, 0.1) is 12.3 Å². The van der Waals surface area contributed by atoms with Crippen LogP contribution in [0.3, 0.4) is 0 Å². The molecular formula is C14H21ClN4O2. The van der Waals surface area contributed by atoms with E-state index in [1.54, 1.807) is 18.0 Å². The third kappa shape index (κ3) is 3.71. The highest BCUT2D eigenvalue weighted by molar-refractivity contribution is 5.96. The number of carbonyl (C=O) groups is 1. The van der Waals surface area contributed by atoms with E-state index in [4.69, 9.17) is 10.3 Å². The molecule has 0 aromatic carbocycles. The van der Waals surface area contributed by atoms with Crippen molar-refractivity contribution < 1.29 is 9.32 Å². The van der Waals surface area contributed by atoms with Crippen LogP contribution in [0.1, 0.15) is 29.9 Å². The van der Waals surface area contributed by atoms with E-state index in [0.717, 1.165) is 11.1 Å². The van der Waals surface area contributed by atoms with Gasteiger partial charge in [0.2, 0.25) is 0 Å². The van der Waals surface area contributed by atoms with Crippen molar-refractivity contribution in [2.45, 2.75) is 20.8 Å². The number of nitrogens with two attached hydrogens (primary N) is 1. The summed E-state index contributed by atoms with van der Waals surface area (Å²) >= 11 is 0. The first kappa shape index (κ1) is 17.4. The molecule has 2 rings (SSSR count). The molecule has 1 amide bonds. The van der Waals surface area contributed by atoms with Gasteiger partial charge in [-0.2, -0.15) is 0 Å². The molecule has 0 saturated heterocycles. The first-order valence-electron chi connectivity index (χ1n) is 6.51. The van der Waals surface area contributed by atoms with Crippen molar-refractivity contribution in [3.8, 4) is 0 Å². The van der Waals surface area contributed by atoms with Gasteiger partial charge >= 0.3 is 0 Å². The van der Waals surface area contributed by atoms with Crippen LogP contribution in [-0.4, -0.2) is 41.1 Å². The molecule has 0 bridgehead atoms. The van der Waals surface area contributed by atoms with E-state index in [2.05, 4.69) is 10.1 Å². The van der Waals surface area contributed by atoms with E-state index < -0.39 is 0 Å². The number of halogens is 1. The Bertz CT molecular complexity index is 639. The minimum absolute atomic E-state index is 0. The number of hydrogen-bond acceptors (Lipinski definition) is 5. The summed E-state index contributed by atoms with van der Waals surface area (Å²) in [6, 6.07) is 1.77. The molecule has 0 aliphatic heterocycles. The zero-order valence-corrected chi connectivity index (χ0v) is 13.5. The molecule has 0 atom stereocenters. The van der Waals surface area contributed by atoms with Gasteiger partial charge in [0.1, 0.15) is 0 Å². The van der Waals surface area contributed by atoms with Crippen LogP contribution in [0.2, 0.25) is 0 Å². The van der Waals surface area contributed by atoms with Crippen molar-refractivity contribution in [2.24, 2.45) is 11.1 Å². The highest BCUT2D eigenvalue weighted by atomic mass is 35.5. The fourth-order valence-corrected chi connectivity index (χ4v) is 2.06. The maximum Gasteiger partial charge on any atom is 0.257 e. The van der Waals surface area contributed by atoms with Gasteiger partial charge in [-0.1, -0.05) is 19.0 Å².